The van der Waals surface area contributed by atoms with E-state index in [1.165, 1.54) is 13.5 Å². The van der Waals surface area contributed by atoms with Crippen molar-refractivity contribution in [3.8, 4) is 0 Å². The maximum Gasteiger partial charge on any atom is 0.365 e. The molecule has 1 rings (SSSR count). The quantitative estimate of drug-likeness (QED) is 0.679. The first kappa shape index (κ1) is 11.8. The van der Waals surface area contributed by atoms with Crippen LogP contribution in [0, 0.1) is 0 Å². The fourth-order valence-corrected chi connectivity index (χ4v) is 2.41. The smallest absolute Gasteiger partial charge is 0.365 e. The fraction of sp³-hybridized carbons (Fsp3) is 0.889. The number of thioether (sulfide) groups is 1. The summed E-state index contributed by atoms with van der Waals surface area (Å²) in [4.78, 5) is 11.0. The molecule has 1 aliphatic heterocycles. The van der Waals surface area contributed by atoms with Crippen LogP contribution >= 0.6 is 11.8 Å². The Morgan fingerprint density at radius 2 is 2.50 bits per heavy atom. The summed E-state index contributed by atoms with van der Waals surface area (Å²) in [5.41, 5.74) is 3.99. The molecule has 0 aromatic carbocycles. The minimum atomic E-state index is -0.282. The molecule has 4 nitrogen and oxygen atoms in total. The van der Waals surface area contributed by atoms with Crippen LogP contribution in [0.15, 0.2) is 0 Å². The van der Waals surface area contributed by atoms with Gasteiger partial charge in [0.15, 0.2) is 6.04 Å². The van der Waals surface area contributed by atoms with Crippen LogP contribution in [-0.2, 0) is 14.3 Å². The maximum atomic E-state index is 11.0. The first-order chi connectivity index (χ1) is 6.74. The van der Waals surface area contributed by atoms with Gasteiger partial charge >= 0.3 is 5.97 Å². The van der Waals surface area contributed by atoms with Gasteiger partial charge in [-0.2, -0.15) is 0 Å². The average Bonchev–Trinajstić information content (AvgIpc) is 2.26. The van der Waals surface area contributed by atoms with Crippen LogP contribution in [0.5, 0.6) is 0 Å². The van der Waals surface area contributed by atoms with Crippen molar-refractivity contribution >= 4 is 17.7 Å². The molecular weight excluding hydrogens is 202 g/mol. The molecule has 2 atom stereocenters. The van der Waals surface area contributed by atoms with Crippen LogP contribution in [0.4, 0.5) is 0 Å². The molecule has 0 aromatic heterocycles. The van der Waals surface area contributed by atoms with Gasteiger partial charge in [0, 0.05) is 6.61 Å². The number of carbonyl (C=O) groups excluding carboxylic acids is 1. The van der Waals surface area contributed by atoms with E-state index in [0.29, 0.717) is 5.75 Å². The molecule has 1 heterocycles. The lowest BCUT2D eigenvalue weighted by Crippen LogP contribution is -2.66. The van der Waals surface area contributed by atoms with Crippen molar-refractivity contribution in [3.05, 3.63) is 0 Å². The second-order valence-electron chi connectivity index (χ2n) is 3.35. The van der Waals surface area contributed by atoms with E-state index in [2.05, 4.69) is 10.5 Å². The summed E-state index contributed by atoms with van der Waals surface area (Å²) in [6.45, 7) is 0.845. The average molecular weight is 220 g/mol. The zero-order chi connectivity index (χ0) is 10.4. The minimum Gasteiger partial charge on any atom is -0.465 e. The van der Waals surface area contributed by atoms with Gasteiger partial charge < -0.3 is 15.2 Å². The third-order valence-corrected chi connectivity index (χ3v) is 3.49. The largest absolute Gasteiger partial charge is 0.465 e. The normalized spacial score (nSPS) is 24.3. The van der Waals surface area contributed by atoms with Gasteiger partial charge in [0.25, 0.3) is 0 Å². The van der Waals surface area contributed by atoms with Crippen molar-refractivity contribution in [2.24, 2.45) is 0 Å². The summed E-state index contributed by atoms with van der Waals surface area (Å²) in [7, 11) is 1.39. The number of hydrogen-bond acceptors (Lipinski definition) is 4. The van der Waals surface area contributed by atoms with Gasteiger partial charge in [-0.15, -0.1) is 11.8 Å². The molecule has 1 aliphatic rings. The van der Waals surface area contributed by atoms with Gasteiger partial charge in [-0.25, -0.2) is 4.79 Å². The summed E-state index contributed by atoms with van der Waals surface area (Å²) >= 11 is 1.66. The molecule has 1 fully saturated rings. The molecular formula is C9H18NO3S+. The number of methoxy groups -OCH3 is 1. The number of rotatable bonds is 4. The van der Waals surface area contributed by atoms with E-state index >= 15 is 0 Å². The number of hydrogen-bond donors (Lipinski definition) is 1. The van der Waals surface area contributed by atoms with E-state index in [1.54, 1.807) is 11.8 Å². The zero-order valence-electron chi connectivity index (χ0n) is 8.53. The van der Waals surface area contributed by atoms with Crippen molar-refractivity contribution in [1.82, 2.24) is 0 Å². The van der Waals surface area contributed by atoms with Crippen molar-refractivity contribution in [3.63, 3.8) is 0 Å². The van der Waals surface area contributed by atoms with E-state index in [0.717, 1.165) is 19.4 Å². The van der Waals surface area contributed by atoms with E-state index < -0.39 is 0 Å². The molecule has 82 valence electrons. The summed E-state index contributed by atoms with van der Waals surface area (Å²) in [5.74, 6) is 0.436. The molecule has 14 heavy (non-hydrogen) atoms. The lowest BCUT2D eigenvalue weighted by Gasteiger charge is -2.22. The molecule has 0 radical (unpaired) electrons. The number of esters is 1. The Kier molecular flexibility index (Phi) is 5.29. The van der Waals surface area contributed by atoms with Crippen LogP contribution in [0.3, 0.4) is 0 Å². The minimum absolute atomic E-state index is 0.242. The van der Waals surface area contributed by atoms with Crippen molar-refractivity contribution in [2.75, 3.05) is 19.5 Å². The maximum absolute atomic E-state index is 11.0. The summed E-state index contributed by atoms with van der Waals surface area (Å²) in [6.07, 6.45) is 3.46. The van der Waals surface area contributed by atoms with Crippen LogP contribution in [0.2, 0.25) is 0 Å². The van der Waals surface area contributed by atoms with E-state index in [4.69, 9.17) is 4.74 Å². The Morgan fingerprint density at radius 1 is 1.71 bits per heavy atom. The van der Waals surface area contributed by atoms with Crippen molar-refractivity contribution in [2.45, 2.75) is 30.7 Å². The van der Waals surface area contributed by atoms with E-state index in [1.807, 2.05) is 0 Å². The number of quaternary nitrogens is 1. The monoisotopic (exact) mass is 220 g/mol. The molecule has 0 aromatic rings. The second kappa shape index (κ2) is 6.27. The van der Waals surface area contributed by atoms with Gasteiger partial charge in [-0.3, -0.25) is 0 Å². The highest BCUT2D eigenvalue weighted by atomic mass is 32.2. The Bertz CT molecular complexity index is 183. The molecule has 0 amide bonds. The first-order valence-corrected chi connectivity index (χ1v) is 5.93. The summed E-state index contributed by atoms with van der Waals surface area (Å²) in [6, 6.07) is -0.282. The Labute approximate surface area is 88.5 Å². The second-order valence-corrected chi connectivity index (χ2v) is 4.54. The van der Waals surface area contributed by atoms with Crippen molar-refractivity contribution < 1.29 is 20.0 Å². The Morgan fingerprint density at radius 3 is 3.07 bits per heavy atom. The Balaban J connectivity index is 2.15. The standard InChI is InChI=1S/C9H17NO3S/c1-12-9(11)7(10)6-14-8-4-2-3-5-13-8/h7-8H,2-6,10H2,1H3/p+1/t7-,8+/m1/s1. The topological polar surface area (TPSA) is 63.2 Å². The predicted octanol–water partition coefficient (Wildman–Crippen LogP) is 0.0297. The predicted molar refractivity (Wildman–Crippen MR) is 54.7 cm³/mol. The third-order valence-electron chi connectivity index (χ3n) is 2.16. The van der Waals surface area contributed by atoms with Gasteiger partial charge in [0.2, 0.25) is 0 Å². The van der Waals surface area contributed by atoms with Gasteiger partial charge in [0.1, 0.15) is 5.44 Å². The molecule has 1 saturated heterocycles. The Hall–Kier alpha value is -0.260. The number of ether oxygens (including phenoxy) is 2. The summed E-state index contributed by atoms with van der Waals surface area (Å²) < 4.78 is 10.1. The highest BCUT2D eigenvalue weighted by molar-refractivity contribution is 7.99. The SMILES string of the molecule is COC(=O)[C@H]([NH3+])CS[C@H]1CCCCO1. The van der Waals surface area contributed by atoms with Crippen LogP contribution in [0.25, 0.3) is 0 Å². The lowest BCUT2D eigenvalue weighted by atomic mass is 10.2. The lowest BCUT2D eigenvalue weighted by molar-refractivity contribution is -0.400. The molecule has 0 aliphatic carbocycles. The van der Waals surface area contributed by atoms with Gasteiger partial charge in [-0.05, 0) is 19.3 Å². The van der Waals surface area contributed by atoms with Crippen LogP contribution in [-0.4, -0.2) is 36.9 Å². The molecule has 0 spiro atoms. The van der Waals surface area contributed by atoms with E-state index in [9.17, 15) is 4.79 Å². The molecule has 0 bridgehead atoms. The third kappa shape index (κ3) is 3.86. The van der Waals surface area contributed by atoms with Gasteiger partial charge in [0.05, 0.1) is 12.9 Å². The van der Waals surface area contributed by atoms with Gasteiger partial charge in [-0.1, -0.05) is 0 Å². The zero-order valence-corrected chi connectivity index (χ0v) is 9.35. The highest BCUT2D eigenvalue weighted by Crippen LogP contribution is 2.23. The first-order valence-electron chi connectivity index (χ1n) is 4.88. The summed E-state index contributed by atoms with van der Waals surface area (Å²) in [5, 5.41) is 0. The van der Waals surface area contributed by atoms with E-state index in [-0.39, 0.29) is 17.4 Å². The molecule has 5 heteroatoms. The van der Waals surface area contributed by atoms with Crippen molar-refractivity contribution in [1.29, 1.82) is 0 Å². The van der Waals surface area contributed by atoms with Crippen LogP contribution in [0.1, 0.15) is 19.3 Å². The van der Waals surface area contributed by atoms with Crippen LogP contribution < -0.4 is 5.73 Å². The molecule has 0 saturated carbocycles. The molecule has 3 N–H and O–H groups in total. The highest BCUT2D eigenvalue weighted by Gasteiger charge is 2.21. The number of carbonyl (C=O) groups is 1. The fourth-order valence-electron chi connectivity index (χ4n) is 1.30. The molecule has 0 unspecified atom stereocenters.